The molecule has 0 aromatic rings. The second kappa shape index (κ2) is 16.8. The van der Waals surface area contributed by atoms with Gasteiger partial charge in [-0.2, -0.15) is 0 Å². The maximum atomic E-state index is 13.2. The third-order valence-electron chi connectivity index (χ3n) is 6.72. The number of amides is 1. The number of guanidine groups is 1. The second-order valence-corrected chi connectivity index (χ2v) is 10.3. The topological polar surface area (TPSA) is 111 Å². The van der Waals surface area contributed by atoms with Gasteiger partial charge in [-0.1, -0.05) is 33.4 Å². The number of hydrogen-bond acceptors (Lipinski definition) is 6. The molecule has 0 aromatic heterocycles. The minimum absolute atomic E-state index is 0.109. The fourth-order valence-corrected chi connectivity index (χ4v) is 4.12. The zero-order chi connectivity index (χ0) is 28.8. The van der Waals surface area contributed by atoms with Crippen molar-refractivity contribution in [3.8, 4) is 0 Å². The summed E-state index contributed by atoms with van der Waals surface area (Å²) < 4.78 is 5.45. The Balaban J connectivity index is 2.41. The minimum atomic E-state index is -0.109. The maximum Gasteiger partial charge on any atom is 0.251 e. The van der Waals surface area contributed by atoms with Crippen molar-refractivity contribution in [2.45, 2.75) is 46.5 Å². The zero-order valence-electron chi connectivity index (χ0n) is 24.9. The standard InChI is InChI=1S/C29H50N8O2/c1-8-11-24(28(38)31-19-23-12-17-39-20-23)18-26(22(4)9-2)33-27(32-21-35(5)6)25(10-3)34-29(30)37-15-13-36(7)14-16-37/h11,18,21,23,33H,4,8-10,12-17,19-20H2,1-3,5-7H3,(H2,30,34)(H,31,38)/b24-11+,26-18+,27-25-,32-21-. The third kappa shape index (κ3) is 10.9. The van der Waals surface area contributed by atoms with E-state index >= 15 is 0 Å². The van der Waals surface area contributed by atoms with Crippen LogP contribution in [-0.4, -0.2) is 100.0 Å². The lowest BCUT2D eigenvalue weighted by Crippen LogP contribution is -2.49. The molecule has 10 heteroatoms. The van der Waals surface area contributed by atoms with Crippen LogP contribution in [0.4, 0.5) is 0 Å². The smallest absolute Gasteiger partial charge is 0.251 e. The first-order valence-electron chi connectivity index (χ1n) is 14.1. The van der Waals surface area contributed by atoms with Crippen LogP contribution in [0.25, 0.3) is 0 Å². The summed E-state index contributed by atoms with van der Waals surface area (Å²) in [4.78, 5) is 28.9. The average Bonchev–Trinajstić information content (AvgIpc) is 3.45. The molecule has 0 bridgehead atoms. The Kier molecular flexibility index (Phi) is 13.8. The Labute approximate surface area is 235 Å². The predicted octanol–water partition coefficient (Wildman–Crippen LogP) is 2.65. The van der Waals surface area contributed by atoms with Crippen molar-refractivity contribution in [3.63, 3.8) is 0 Å². The number of nitrogens with zero attached hydrogens (tertiary/aromatic N) is 5. The van der Waals surface area contributed by atoms with Gasteiger partial charge >= 0.3 is 0 Å². The van der Waals surface area contributed by atoms with Crippen LogP contribution in [-0.2, 0) is 9.53 Å². The van der Waals surface area contributed by atoms with E-state index in [4.69, 9.17) is 20.5 Å². The minimum Gasteiger partial charge on any atom is -0.381 e. The fourth-order valence-electron chi connectivity index (χ4n) is 4.12. The maximum absolute atomic E-state index is 13.2. The van der Waals surface area contributed by atoms with E-state index in [2.05, 4.69) is 34.1 Å². The first-order chi connectivity index (χ1) is 18.7. The van der Waals surface area contributed by atoms with Crippen LogP contribution in [0.1, 0.15) is 46.5 Å². The SMILES string of the molecule is C=C(CC)/C(=C\C(=C/CC)C(=O)NCC1CCOC1)NC(/N=C\N(C)C)=C(CC)\N=C(/N)N1CCN(C)CC1. The van der Waals surface area contributed by atoms with Crippen molar-refractivity contribution in [3.05, 3.63) is 47.1 Å². The van der Waals surface area contributed by atoms with Gasteiger partial charge in [-0.05, 0) is 44.4 Å². The lowest BCUT2D eigenvalue weighted by Gasteiger charge is -2.33. The molecule has 218 valence electrons. The van der Waals surface area contributed by atoms with Crippen molar-refractivity contribution >= 4 is 18.2 Å². The lowest BCUT2D eigenvalue weighted by molar-refractivity contribution is -0.117. The molecule has 0 saturated carbocycles. The molecule has 1 amide bonds. The summed E-state index contributed by atoms with van der Waals surface area (Å²) in [5.74, 6) is 1.31. The van der Waals surface area contributed by atoms with Crippen molar-refractivity contribution in [2.75, 3.05) is 67.1 Å². The number of piperazine rings is 1. The van der Waals surface area contributed by atoms with Gasteiger partial charge in [-0.15, -0.1) is 0 Å². The Bertz CT molecular complexity index is 966. The molecule has 4 N–H and O–H groups in total. The van der Waals surface area contributed by atoms with Crippen LogP contribution in [0.5, 0.6) is 0 Å². The molecule has 39 heavy (non-hydrogen) atoms. The van der Waals surface area contributed by atoms with E-state index in [1.54, 1.807) is 6.34 Å². The molecule has 0 spiro atoms. The van der Waals surface area contributed by atoms with Crippen LogP contribution < -0.4 is 16.4 Å². The summed E-state index contributed by atoms with van der Waals surface area (Å²) in [6.45, 7) is 16.0. The van der Waals surface area contributed by atoms with Crippen molar-refractivity contribution in [1.82, 2.24) is 25.3 Å². The van der Waals surface area contributed by atoms with E-state index in [-0.39, 0.29) is 5.91 Å². The zero-order valence-corrected chi connectivity index (χ0v) is 24.9. The summed E-state index contributed by atoms with van der Waals surface area (Å²) in [7, 11) is 5.94. The van der Waals surface area contributed by atoms with Crippen LogP contribution in [0.15, 0.2) is 57.1 Å². The molecule has 2 aliphatic rings. The van der Waals surface area contributed by atoms with E-state index in [1.807, 2.05) is 51.9 Å². The number of aliphatic imine (C=N–C) groups is 2. The van der Waals surface area contributed by atoms with Crippen molar-refractivity contribution < 1.29 is 9.53 Å². The first-order valence-corrected chi connectivity index (χ1v) is 14.1. The van der Waals surface area contributed by atoms with E-state index in [0.29, 0.717) is 49.3 Å². The summed E-state index contributed by atoms with van der Waals surface area (Å²) >= 11 is 0. The van der Waals surface area contributed by atoms with Gasteiger partial charge in [0.1, 0.15) is 0 Å². The van der Waals surface area contributed by atoms with Gasteiger partial charge in [0, 0.05) is 70.6 Å². The quantitative estimate of drug-likeness (QED) is 0.142. The Morgan fingerprint density at radius 3 is 2.46 bits per heavy atom. The Morgan fingerprint density at radius 2 is 1.90 bits per heavy atom. The number of carbonyl (C=O) groups excluding carboxylic acids is 1. The summed E-state index contributed by atoms with van der Waals surface area (Å²) in [5, 5.41) is 6.53. The molecule has 1 atom stereocenters. The number of carbonyl (C=O) groups is 1. The van der Waals surface area contributed by atoms with Crippen LogP contribution in [0.3, 0.4) is 0 Å². The van der Waals surface area contributed by atoms with Crippen molar-refractivity contribution in [2.24, 2.45) is 21.6 Å². The van der Waals surface area contributed by atoms with E-state index < -0.39 is 0 Å². The number of nitrogens with two attached hydrogens (primary N) is 1. The highest BCUT2D eigenvalue weighted by molar-refractivity contribution is 5.96. The second-order valence-electron chi connectivity index (χ2n) is 10.3. The normalized spacial score (nSPS) is 20.3. The summed E-state index contributed by atoms with van der Waals surface area (Å²) in [5.41, 5.74) is 9.35. The van der Waals surface area contributed by atoms with E-state index in [9.17, 15) is 4.79 Å². The molecular weight excluding hydrogens is 492 g/mol. The molecule has 2 saturated heterocycles. The summed E-state index contributed by atoms with van der Waals surface area (Å²) in [6.07, 6.45) is 8.55. The monoisotopic (exact) mass is 542 g/mol. The number of allylic oxidation sites excluding steroid dienone is 3. The first kappa shape index (κ1) is 32.1. The molecular formula is C29H50N8O2. The van der Waals surface area contributed by atoms with Gasteiger partial charge in [0.05, 0.1) is 18.6 Å². The predicted molar refractivity (Wildman–Crippen MR) is 161 cm³/mol. The van der Waals surface area contributed by atoms with Crippen LogP contribution in [0.2, 0.25) is 0 Å². The van der Waals surface area contributed by atoms with Crippen LogP contribution in [0, 0.1) is 5.92 Å². The van der Waals surface area contributed by atoms with E-state index in [0.717, 1.165) is 62.6 Å². The molecule has 0 aliphatic carbocycles. The van der Waals surface area contributed by atoms with Crippen LogP contribution >= 0.6 is 0 Å². The molecule has 2 rings (SSSR count). The number of hydrogen-bond donors (Lipinski definition) is 3. The molecule has 1 unspecified atom stereocenters. The van der Waals surface area contributed by atoms with Crippen molar-refractivity contribution in [1.29, 1.82) is 0 Å². The number of likely N-dealkylation sites (N-methyl/N-ethyl adjacent to an activating group) is 1. The highest BCUT2D eigenvalue weighted by atomic mass is 16.5. The van der Waals surface area contributed by atoms with Gasteiger partial charge in [0.25, 0.3) is 5.91 Å². The molecule has 2 aliphatic heterocycles. The molecule has 2 heterocycles. The molecule has 0 radical (unpaired) electrons. The van der Waals surface area contributed by atoms with Gasteiger partial charge in [0.15, 0.2) is 11.8 Å². The fraction of sp³-hybridized carbons (Fsp3) is 0.621. The van der Waals surface area contributed by atoms with Gasteiger partial charge in [-0.3, -0.25) is 4.79 Å². The average molecular weight is 543 g/mol. The molecule has 10 nitrogen and oxygen atoms in total. The number of nitrogens with one attached hydrogen (secondary N) is 2. The third-order valence-corrected chi connectivity index (χ3v) is 6.72. The largest absolute Gasteiger partial charge is 0.381 e. The Hall–Kier alpha value is -3.11. The van der Waals surface area contributed by atoms with E-state index in [1.165, 1.54) is 0 Å². The molecule has 2 fully saturated rings. The lowest BCUT2D eigenvalue weighted by atomic mass is 10.1. The number of rotatable bonds is 13. The Morgan fingerprint density at radius 1 is 1.18 bits per heavy atom. The van der Waals surface area contributed by atoms with Gasteiger partial charge in [0.2, 0.25) is 0 Å². The highest BCUT2D eigenvalue weighted by Gasteiger charge is 2.19. The van der Waals surface area contributed by atoms with Gasteiger partial charge in [-0.25, -0.2) is 9.98 Å². The molecule has 0 aromatic carbocycles. The highest BCUT2D eigenvalue weighted by Crippen LogP contribution is 2.19. The van der Waals surface area contributed by atoms with Gasteiger partial charge < -0.3 is 35.8 Å². The number of ether oxygens (including phenoxy) is 1. The summed E-state index contributed by atoms with van der Waals surface area (Å²) in [6, 6.07) is 0.